The van der Waals surface area contributed by atoms with Crippen molar-refractivity contribution in [2.45, 2.75) is 38.3 Å². The van der Waals surface area contributed by atoms with Crippen LogP contribution in [0.5, 0.6) is 0 Å². The van der Waals surface area contributed by atoms with Crippen molar-refractivity contribution in [3.8, 4) is 0 Å². The van der Waals surface area contributed by atoms with E-state index in [9.17, 15) is 4.79 Å². The molecule has 0 bridgehead atoms. The van der Waals surface area contributed by atoms with Gasteiger partial charge in [-0.2, -0.15) is 0 Å². The zero-order valence-corrected chi connectivity index (χ0v) is 16.6. The van der Waals surface area contributed by atoms with Crippen LogP contribution in [0.25, 0.3) is 0 Å². The van der Waals surface area contributed by atoms with Gasteiger partial charge in [-0.05, 0) is 55.0 Å². The van der Waals surface area contributed by atoms with E-state index in [1.54, 1.807) is 11.3 Å². The third-order valence-electron chi connectivity index (χ3n) is 5.36. The van der Waals surface area contributed by atoms with Gasteiger partial charge in [-0.25, -0.2) is 0 Å². The molecule has 6 heteroatoms. The van der Waals surface area contributed by atoms with Crippen molar-refractivity contribution in [1.82, 2.24) is 14.9 Å². The van der Waals surface area contributed by atoms with Crippen LogP contribution in [-0.4, -0.2) is 27.3 Å². The minimum Gasteiger partial charge on any atom is -0.366 e. The minimum atomic E-state index is -0.390. The van der Waals surface area contributed by atoms with Crippen LogP contribution >= 0.6 is 11.3 Å². The molecule has 0 aliphatic heterocycles. The number of fused-ring (bicyclic) bond motifs is 1. The van der Waals surface area contributed by atoms with E-state index in [1.807, 2.05) is 48.2 Å². The fourth-order valence-electron chi connectivity index (χ4n) is 3.91. The van der Waals surface area contributed by atoms with Crippen molar-refractivity contribution in [1.29, 1.82) is 0 Å². The first-order chi connectivity index (χ1) is 13.7. The molecule has 28 heavy (non-hydrogen) atoms. The van der Waals surface area contributed by atoms with Crippen LogP contribution in [-0.2, 0) is 19.4 Å². The zero-order valence-electron chi connectivity index (χ0n) is 15.8. The van der Waals surface area contributed by atoms with E-state index in [1.165, 1.54) is 28.1 Å². The van der Waals surface area contributed by atoms with Crippen LogP contribution in [0.2, 0.25) is 0 Å². The van der Waals surface area contributed by atoms with Crippen LogP contribution in [0.1, 0.15) is 50.9 Å². The number of carbonyl (C=O) groups excluding carboxylic acids is 1. The number of benzene rings is 1. The third kappa shape index (κ3) is 4.29. The molecule has 1 amide bonds. The number of primary amides is 1. The first-order valence-corrected chi connectivity index (χ1v) is 10.5. The van der Waals surface area contributed by atoms with Crippen LogP contribution < -0.4 is 5.73 Å². The first kappa shape index (κ1) is 18.8. The Labute approximate surface area is 169 Å². The number of amides is 1. The highest BCUT2D eigenvalue weighted by molar-refractivity contribution is 7.09. The maximum absolute atomic E-state index is 11.4. The molecule has 0 fully saturated rings. The molecule has 1 atom stereocenters. The highest BCUT2D eigenvalue weighted by Crippen LogP contribution is 2.34. The van der Waals surface area contributed by atoms with E-state index >= 15 is 0 Å². The molecule has 2 N–H and O–H groups in total. The summed E-state index contributed by atoms with van der Waals surface area (Å²) in [5.41, 5.74) is 11.6. The van der Waals surface area contributed by atoms with Gasteiger partial charge in [-0.15, -0.1) is 11.3 Å². The average molecular weight is 393 g/mol. The number of nitrogens with zero attached hydrogens (tertiary/aromatic N) is 3. The predicted molar refractivity (Wildman–Crippen MR) is 111 cm³/mol. The fraction of sp³-hybridized carbons (Fsp3) is 0.318. The summed E-state index contributed by atoms with van der Waals surface area (Å²) in [5.74, 6) is -0.390. The summed E-state index contributed by atoms with van der Waals surface area (Å²) in [4.78, 5) is 24.1. The Morgan fingerprint density at radius 1 is 1.25 bits per heavy atom. The van der Waals surface area contributed by atoms with E-state index in [0.717, 1.165) is 32.4 Å². The van der Waals surface area contributed by atoms with Gasteiger partial charge in [-0.1, -0.05) is 18.2 Å². The maximum Gasteiger partial charge on any atom is 0.248 e. The van der Waals surface area contributed by atoms with Crippen molar-refractivity contribution in [2.24, 2.45) is 5.73 Å². The number of pyridine rings is 1. The standard InChI is InChI=1S/C22H24N4OS/c23-22(27)18-8-6-16(7-9-18)14-26(12-10-19-13-24-15-28-19)20-5-1-3-17-4-2-11-25-21(17)20/h2,4,6-9,11,13,15,20H,1,3,5,10,12,14H2,(H2,23,27). The second-order valence-corrected chi connectivity index (χ2v) is 8.18. The second-order valence-electron chi connectivity index (χ2n) is 7.21. The highest BCUT2D eigenvalue weighted by Gasteiger charge is 2.27. The second kappa shape index (κ2) is 8.63. The number of rotatable bonds is 7. The molecule has 2 aromatic heterocycles. The summed E-state index contributed by atoms with van der Waals surface area (Å²) in [5, 5.41) is 0. The molecular weight excluding hydrogens is 368 g/mol. The van der Waals surface area contributed by atoms with E-state index in [0.29, 0.717) is 11.6 Å². The number of hydrogen-bond acceptors (Lipinski definition) is 5. The summed E-state index contributed by atoms with van der Waals surface area (Å²) in [6.07, 6.45) is 8.24. The molecule has 5 nitrogen and oxygen atoms in total. The Balaban J connectivity index is 1.57. The van der Waals surface area contributed by atoms with Gasteiger partial charge in [0.05, 0.1) is 17.2 Å². The fourth-order valence-corrected chi connectivity index (χ4v) is 4.50. The van der Waals surface area contributed by atoms with E-state index < -0.39 is 0 Å². The lowest BCUT2D eigenvalue weighted by Gasteiger charge is -2.35. The van der Waals surface area contributed by atoms with E-state index in [2.05, 4.69) is 16.0 Å². The molecule has 0 saturated heterocycles. The summed E-state index contributed by atoms with van der Waals surface area (Å²) in [6, 6.07) is 12.2. The topological polar surface area (TPSA) is 72.1 Å². The van der Waals surface area contributed by atoms with E-state index in [4.69, 9.17) is 10.7 Å². The molecule has 0 spiro atoms. The monoisotopic (exact) mass is 392 g/mol. The van der Waals surface area contributed by atoms with Crippen molar-refractivity contribution in [2.75, 3.05) is 6.54 Å². The van der Waals surface area contributed by atoms with Crippen molar-refractivity contribution >= 4 is 17.2 Å². The molecule has 1 unspecified atom stereocenters. The molecule has 1 aliphatic rings. The largest absolute Gasteiger partial charge is 0.366 e. The first-order valence-electron chi connectivity index (χ1n) is 9.64. The Morgan fingerprint density at radius 2 is 2.11 bits per heavy atom. The Morgan fingerprint density at radius 3 is 2.86 bits per heavy atom. The summed E-state index contributed by atoms with van der Waals surface area (Å²) < 4.78 is 0. The molecule has 0 radical (unpaired) electrons. The van der Waals surface area contributed by atoms with Crippen molar-refractivity contribution in [3.63, 3.8) is 0 Å². The summed E-state index contributed by atoms with van der Waals surface area (Å²) >= 11 is 1.70. The molecule has 3 aromatic rings. The number of hydrogen-bond donors (Lipinski definition) is 1. The normalized spacial score (nSPS) is 16.1. The molecule has 2 heterocycles. The SMILES string of the molecule is NC(=O)c1ccc(CN(CCc2cncs2)C2CCCc3cccnc32)cc1. The number of aryl methyl sites for hydroxylation is 1. The van der Waals surface area contributed by atoms with Crippen LogP contribution in [0.15, 0.2) is 54.3 Å². The van der Waals surface area contributed by atoms with Crippen LogP contribution in [0.4, 0.5) is 0 Å². The van der Waals surface area contributed by atoms with Gasteiger partial charge < -0.3 is 5.73 Å². The van der Waals surface area contributed by atoms with Gasteiger partial charge in [0, 0.05) is 35.9 Å². The van der Waals surface area contributed by atoms with E-state index in [-0.39, 0.29) is 5.91 Å². The third-order valence-corrected chi connectivity index (χ3v) is 6.20. The van der Waals surface area contributed by atoms with Crippen LogP contribution in [0.3, 0.4) is 0 Å². The lowest BCUT2D eigenvalue weighted by molar-refractivity contribution is 0.1000. The zero-order chi connectivity index (χ0) is 19.3. The summed E-state index contributed by atoms with van der Waals surface area (Å²) in [7, 11) is 0. The average Bonchev–Trinajstić information content (AvgIpc) is 3.25. The van der Waals surface area contributed by atoms with Gasteiger partial charge in [0.1, 0.15) is 0 Å². The lowest BCUT2D eigenvalue weighted by atomic mass is 9.90. The maximum atomic E-state index is 11.4. The molecule has 4 rings (SSSR count). The predicted octanol–water partition coefficient (Wildman–Crippen LogP) is 3.76. The molecule has 1 aliphatic carbocycles. The highest BCUT2D eigenvalue weighted by atomic mass is 32.1. The lowest BCUT2D eigenvalue weighted by Crippen LogP contribution is -2.33. The molecule has 0 saturated carbocycles. The molecule has 1 aromatic carbocycles. The van der Waals surface area contributed by atoms with Crippen molar-refractivity contribution < 1.29 is 4.79 Å². The smallest absolute Gasteiger partial charge is 0.248 e. The van der Waals surface area contributed by atoms with Gasteiger partial charge in [-0.3, -0.25) is 19.7 Å². The number of thiazole rings is 1. The minimum absolute atomic E-state index is 0.314. The van der Waals surface area contributed by atoms with Crippen molar-refractivity contribution in [3.05, 3.63) is 81.6 Å². The van der Waals surface area contributed by atoms with Gasteiger partial charge >= 0.3 is 0 Å². The number of aromatic nitrogens is 2. The van der Waals surface area contributed by atoms with Gasteiger partial charge in [0.25, 0.3) is 0 Å². The van der Waals surface area contributed by atoms with Gasteiger partial charge in [0.15, 0.2) is 0 Å². The Hall–Kier alpha value is -2.57. The number of carbonyl (C=O) groups is 1. The summed E-state index contributed by atoms with van der Waals surface area (Å²) in [6.45, 7) is 1.76. The Kier molecular flexibility index (Phi) is 5.78. The van der Waals surface area contributed by atoms with Crippen LogP contribution in [0, 0.1) is 0 Å². The molecular formula is C22H24N4OS. The molecule has 144 valence electrons. The Bertz CT molecular complexity index is 924. The number of nitrogens with two attached hydrogens (primary N) is 1. The quantitative estimate of drug-likeness (QED) is 0.664. The van der Waals surface area contributed by atoms with Gasteiger partial charge in [0.2, 0.25) is 5.91 Å².